The maximum absolute atomic E-state index is 13.1. The summed E-state index contributed by atoms with van der Waals surface area (Å²) in [5.41, 5.74) is 3.08. The van der Waals surface area contributed by atoms with Gasteiger partial charge in [0.2, 0.25) is 0 Å². The zero-order valence-electron chi connectivity index (χ0n) is 16.0. The molecule has 0 fully saturated rings. The molecule has 1 N–H and O–H groups in total. The van der Waals surface area contributed by atoms with Gasteiger partial charge in [-0.25, -0.2) is 4.68 Å². The lowest BCUT2D eigenvalue weighted by Crippen LogP contribution is -2.12. The van der Waals surface area contributed by atoms with Crippen molar-refractivity contribution in [2.45, 2.75) is 6.92 Å². The van der Waals surface area contributed by atoms with Crippen molar-refractivity contribution in [2.75, 3.05) is 5.32 Å². The molecule has 0 saturated heterocycles. The second kappa shape index (κ2) is 7.96. The number of hydrogen-bond acceptors (Lipinski definition) is 5. The van der Waals surface area contributed by atoms with Crippen LogP contribution in [0.4, 0.5) is 11.4 Å². The van der Waals surface area contributed by atoms with E-state index in [9.17, 15) is 14.9 Å². The highest BCUT2D eigenvalue weighted by atomic mass is 16.6. The largest absolute Gasteiger partial charge is 0.322 e. The molecule has 0 bridgehead atoms. The van der Waals surface area contributed by atoms with Crippen LogP contribution in [0.3, 0.4) is 0 Å². The maximum atomic E-state index is 13.1. The van der Waals surface area contributed by atoms with Gasteiger partial charge in [0, 0.05) is 41.5 Å². The van der Waals surface area contributed by atoms with Gasteiger partial charge in [-0.2, -0.15) is 5.10 Å². The van der Waals surface area contributed by atoms with Crippen LogP contribution in [0.25, 0.3) is 16.9 Å². The smallest absolute Gasteiger partial charge is 0.274 e. The number of carbonyl (C=O) groups is 1. The van der Waals surface area contributed by atoms with Crippen molar-refractivity contribution in [1.82, 2.24) is 14.8 Å². The van der Waals surface area contributed by atoms with Crippen molar-refractivity contribution in [1.29, 1.82) is 0 Å². The number of nitro groups is 1. The lowest BCUT2D eigenvalue weighted by atomic mass is 10.1. The number of nitrogens with one attached hydrogen (secondary N) is 1. The molecule has 8 nitrogen and oxygen atoms in total. The van der Waals surface area contributed by atoms with E-state index in [1.807, 2.05) is 36.4 Å². The molecular formula is C22H17N5O3. The Hall–Kier alpha value is -4.33. The van der Waals surface area contributed by atoms with E-state index in [-0.39, 0.29) is 5.69 Å². The number of para-hydroxylation sites is 1. The van der Waals surface area contributed by atoms with Crippen molar-refractivity contribution in [3.8, 4) is 16.9 Å². The number of nitro benzene ring substituents is 1. The molecule has 0 atom stereocenters. The Morgan fingerprint density at radius 2 is 1.90 bits per heavy atom. The Morgan fingerprint density at radius 3 is 2.60 bits per heavy atom. The molecule has 2 aromatic heterocycles. The van der Waals surface area contributed by atoms with Crippen LogP contribution in [-0.2, 0) is 0 Å². The number of amides is 1. The van der Waals surface area contributed by atoms with Crippen LogP contribution in [0.1, 0.15) is 15.9 Å². The van der Waals surface area contributed by atoms with Gasteiger partial charge in [-0.3, -0.25) is 19.9 Å². The molecule has 8 heteroatoms. The van der Waals surface area contributed by atoms with Gasteiger partial charge in [-0.15, -0.1) is 0 Å². The SMILES string of the molecule is Cc1ccc(NC(=O)c2cn(-c3ccccc3)nc2-c2cccnc2)cc1[N+](=O)[O-]. The van der Waals surface area contributed by atoms with Gasteiger partial charge in [0.1, 0.15) is 5.69 Å². The first-order chi connectivity index (χ1) is 14.5. The number of pyridine rings is 1. The molecule has 2 aromatic carbocycles. The maximum Gasteiger partial charge on any atom is 0.274 e. The minimum atomic E-state index is -0.473. The van der Waals surface area contributed by atoms with E-state index in [0.29, 0.717) is 28.1 Å². The molecule has 148 valence electrons. The Labute approximate surface area is 172 Å². The number of anilines is 1. The third kappa shape index (κ3) is 3.79. The van der Waals surface area contributed by atoms with Crippen molar-refractivity contribution >= 4 is 17.3 Å². The van der Waals surface area contributed by atoms with E-state index in [0.717, 1.165) is 5.69 Å². The fourth-order valence-corrected chi connectivity index (χ4v) is 3.05. The highest BCUT2D eigenvalue weighted by molar-refractivity contribution is 6.08. The lowest BCUT2D eigenvalue weighted by Gasteiger charge is -2.06. The number of rotatable bonds is 5. The van der Waals surface area contributed by atoms with Gasteiger partial charge in [0.25, 0.3) is 11.6 Å². The average Bonchev–Trinajstić information content (AvgIpc) is 3.22. The molecule has 0 saturated carbocycles. The summed E-state index contributed by atoms with van der Waals surface area (Å²) in [6.07, 6.45) is 4.91. The van der Waals surface area contributed by atoms with Gasteiger partial charge in [-0.05, 0) is 37.3 Å². The minimum absolute atomic E-state index is 0.0553. The lowest BCUT2D eigenvalue weighted by molar-refractivity contribution is -0.385. The molecular weight excluding hydrogens is 382 g/mol. The number of carbonyl (C=O) groups excluding carboxylic acids is 1. The molecule has 0 aliphatic rings. The van der Waals surface area contributed by atoms with Gasteiger partial charge in [0.05, 0.1) is 16.2 Å². The predicted molar refractivity (Wildman–Crippen MR) is 113 cm³/mol. The standard InChI is InChI=1S/C22H17N5O3/c1-15-9-10-17(12-20(15)27(29)30)24-22(28)19-14-26(18-7-3-2-4-8-18)25-21(19)16-6-5-11-23-13-16/h2-14H,1H3,(H,24,28). The molecule has 4 aromatic rings. The van der Waals surface area contributed by atoms with Gasteiger partial charge < -0.3 is 5.32 Å². The first-order valence-corrected chi connectivity index (χ1v) is 9.15. The summed E-state index contributed by atoms with van der Waals surface area (Å²) in [5, 5.41) is 18.5. The molecule has 0 aliphatic heterocycles. The van der Waals surface area contributed by atoms with E-state index in [4.69, 9.17) is 0 Å². The summed E-state index contributed by atoms with van der Waals surface area (Å²) in [4.78, 5) is 27.9. The summed E-state index contributed by atoms with van der Waals surface area (Å²) < 4.78 is 1.62. The first-order valence-electron chi connectivity index (χ1n) is 9.15. The summed E-state index contributed by atoms with van der Waals surface area (Å²) in [5.74, 6) is -0.422. The molecule has 0 unspecified atom stereocenters. The second-order valence-electron chi connectivity index (χ2n) is 6.63. The topological polar surface area (TPSA) is 103 Å². The summed E-state index contributed by atoms with van der Waals surface area (Å²) >= 11 is 0. The summed E-state index contributed by atoms with van der Waals surface area (Å²) in [6.45, 7) is 1.65. The van der Waals surface area contributed by atoms with Crippen LogP contribution in [0.2, 0.25) is 0 Å². The van der Waals surface area contributed by atoms with Gasteiger partial charge >= 0.3 is 0 Å². The first kappa shape index (κ1) is 19.0. The van der Waals surface area contributed by atoms with Gasteiger partial charge in [0.15, 0.2) is 0 Å². The molecule has 2 heterocycles. The van der Waals surface area contributed by atoms with E-state index >= 15 is 0 Å². The zero-order valence-corrected chi connectivity index (χ0v) is 16.0. The van der Waals surface area contributed by atoms with Crippen molar-refractivity contribution in [2.24, 2.45) is 0 Å². The van der Waals surface area contributed by atoms with Crippen molar-refractivity contribution in [3.05, 3.63) is 100 Å². The highest BCUT2D eigenvalue weighted by Gasteiger charge is 2.20. The Kier molecular flexibility index (Phi) is 5.04. The Morgan fingerprint density at radius 1 is 1.10 bits per heavy atom. The number of hydrogen-bond donors (Lipinski definition) is 1. The second-order valence-corrected chi connectivity index (χ2v) is 6.63. The highest BCUT2D eigenvalue weighted by Crippen LogP contribution is 2.26. The molecule has 1 amide bonds. The monoisotopic (exact) mass is 399 g/mol. The third-order valence-corrected chi connectivity index (χ3v) is 4.58. The quantitative estimate of drug-likeness (QED) is 0.396. The third-order valence-electron chi connectivity index (χ3n) is 4.58. The number of aromatic nitrogens is 3. The Bertz CT molecular complexity index is 1220. The van der Waals surface area contributed by atoms with Crippen LogP contribution >= 0.6 is 0 Å². The van der Waals surface area contributed by atoms with Crippen LogP contribution in [-0.4, -0.2) is 25.6 Å². The average molecular weight is 399 g/mol. The van der Waals surface area contributed by atoms with E-state index in [2.05, 4.69) is 15.4 Å². The fourth-order valence-electron chi connectivity index (χ4n) is 3.05. The fraction of sp³-hybridized carbons (Fsp3) is 0.0455. The summed E-state index contributed by atoms with van der Waals surface area (Å²) in [7, 11) is 0. The van der Waals surface area contributed by atoms with E-state index in [1.165, 1.54) is 6.07 Å². The number of benzene rings is 2. The normalized spacial score (nSPS) is 10.6. The molecule has 0 radical (unpaired) electrons. The summed E-state index contributed by atoms with van der Waals surface area (Å²) in [6, 6.07) is 17.6. The van der Waals surface area contributed by atoms with Gasteiger partial charge in [-0.1, -0.05) is 24.3 Å². The van der Waals surface area contributed by atoms with Crippen molar-refractivity contribution < 1.29 is 9.72 Å². The molecule has 0 spiro atoms. The van der Waals surface area contributed by atoms with Crippen molar-refractivity contribution in [3.63, 3.8) is 0 Å². The predicted octanol–water partition coefficient (Wildman–Crippen LogP) is 4.40. The molecule has 4 rings (SSSR count). The zero-order chi connectivity index (χ0) is 21.1. The number of nitrogens with zero attached hydrogens (tertiary/aromatic N) is 4. The van der Waals surface area contributed by atoms with E-state index in [1.54, 1.807) is 48.4 Å². The van der Waals surface area contributed by atoms with Crippen LogP contribution in [0, 0.1) is 17.0 Å². The number of aryl methyl sites for hydroxylation is 1. The molecule has 30 heavy (non-hydrogen) atoms. The van der Waals surface area contributed by atoms with E-state index < -0.39 is 10.8 Å². The van der Waals surface area contributed by atoms with Crippen LogP contribution in [0.15, 0.2) is 79.3 Å². The van der Waals surface area contributed by atoms with Crippen LogP contribution < -0.4 is 5.32 Å². The van der Waals surface area contributed by atoms with Crippen LogP contribution in [0.5, 0.6) is 0 Å². The minimum Gasteiger partial charge on any atom is -0.322 e. The Balaban J connectivity index is 1.74. The molecule has 0 aliphatic carbocycles.